The Bertz CT molecular complexity index is 772. The summed E-state index contributed by atoms with van der Waals surface area (Å²) >= 11 is 5.96. The Morgan fingerprint density at radius 3 is 2.55 bits per heavy atom. The van der Waals surface area contributed by atoms with Crippen LogP contribution < -0.4 is 10.9 Å². The normalized spacial score (nSPS) is 33.3. The van der Waals surface area contributed by atoms with Gasteiger partial charge in [-0.1, -0.05) is 0 Å². The molecule has 0 bridgehead atoms. The zero-order valence-electron chi connectivity index (χ0n) is 15.6. The average Bonchev–Trinajstić information content (AvgIpc) is 2.63. The molecule has 3 rings (SSSR count). The van der Waals surface area contributed by atoms with Crippen molar-refractivity contribution in [2.24, 2.45) is 11.8 Å². The van der Waals surface area contributed by atoms with Crippen molar-refractivity contribution in [2.45, 2.75) is 68.5 Å². The van der Waals surface area contributed by atoms with Gasteiger partial charge in [0.25, 0.3) is 0 Å². The van der Waals surface area contributed by atoms with Crippen molar-refractivity contribution in [3.05, 3.63) is 28.7 Å². The molecule has 6 atom stereocenters. The lowest BCUT2D eigenvalue weighted by Crippen LogP contribution is -2.46. The lowest BCUT2D eigenvalue weighted by atomic mass is 9.78. The molecule has 10 heteroatoms. The third-order valence-corrected chi connectivity index (χ3v) is 6.02. The monoisotopic (exact) mass is 438 g/mol. The number of halogens is 5. The highest BCUT2D eigenvalue weighted by atomic mass is 35.5. The van der Waals surface area contributed by atoms with E-state index in [2.05, 4.69) is 10.3 Å². The highest BCUT2D eigenvalue weighted by molar-refractivity contribution is 6.20. The number of nitrogens with one attached hydrogen (secondary N) is 2. The van der Waals surface area contributed by atoms with Gasteiger partial charge in [-0.25, -0.2) is 4.39 Å². The first-order valence-electron chi connectivity index (χ1n) is 9.63. The first-order valence-corrected chi connectivity index (χ1v) is 10.1. The molecule has 162 valence electrons. The van der Waals surface area contributed by atoms with E-state index in [1.54, 1.807) is 0 Å². The molecule has 6 unspecified atom stereocenters. The van der Waals surface area contributed by atoms with Gasteiger partial charge in [-0.05, 0) is 44.6 Å². The summed E-state index contributed by atoms with van der Waals surface area (Å²) in [6, 6.07) is 2.57. The van der Waals surface area contributed by atoms with E-state index in [1.807, 2.05) is 0 Å². The van der Waals surface area contributed by atoms with Crippen LogP contribution in [0.4, 0.5) is 23.2 Å². The molecule has 0 radical (unpaired) electrons. The molecule has 1 amide bonds. The number of ether oxygens (including phenoxy) is 1. The average molecular weight is 439 g/mol. The third kappa shape index (κ3) is 5.72. The summed E-state index contributed by atoms with van der Waals surface area (Å²) in [6.45, 7) is 0. The van der Waals surface area contributed by atoms with Gasteiger partial charge in [-0.2, -0.15) is 13.2 Å². The molecule has 0 spiro atoms. The quantitative estimate of drug-likeness (QED) is 0.547. The summed E-state index contributed by atoms with van der Waals surface area (Å²) in [7, 11) is 0. The summed E-state index contributed by atoms with van der Waals surface area (Å²) in [4.78, 5) is 26.5. The molecule has 2 aliphatic carbocycles. The van der Waals surface area contributed by atoms with E-state index in [1.165, 1.54) is 12.3 Å². The largest absolute Gasteiger partial charge is 0.391 e. The van der Waals surface area contributed by atoms with Gasteiger partial charge < -0.3 is 15.0 Å². The van der Waals surface area contributed by atoms with Crippen LogP contribution in [0.15, 0.2) is 23.1 Å². The lowest BCUT2D eigenvalue weighted by Gasteiger charge is -2.39. The fraction of sp³-hybridized carbons (Fsp3) is 0.684. The number of H-pyrrole nitrogens is 1. The van der Waals surface area contributed by atoms with Crippen molar-refractivity contribution >= 4 is 23.2 Å². The predicted molar refractivity (Wildman–Crippen MR) is 99.6 cm³/mol. The number of aromatic nitrogens is 1. The number of carbonyl (C=O) groups excluding carboxylic acids is 1. The van der Waals surface area contributed by atoms with Crippen molar-refractivity contribution in [1.29, 1.82) is 0 Å². The zero-order valence-corrected chi connectivity index (χ0v) is 16.3. The van der Waals surface area contributed by atoms with E-state index < -0.39 is 54.3 Å². The number of amides is 1. The maximum Gasteiger partial charge on any atom is 0.391 e. The Kier molecular flexibility index (Phi) is 6.88. The van der Waals surface area contributed by atoms with Crippen LogP contribution in [-0.4, -0.2) is 40.8 Å². The highest BCUT2D eigenvalue weighted by Crippen LogP contribution is 2.42. The van der Waals surface area contributed by atoms with Crippen LogP contribution in [-0.2, 0) is 9.53 Å². The fourth-order valence-corrected chi connectivity index (χ4v) is 4.35. The highest BCUT2D eigenvalue weighted by Gasteiger charge is 2.48. The minimum atomic E-state index is -4.42. The van der Waals surface area contributed by atoms with Gasteiger partial charge >= 0.3 is 6.18 Å². The van der Waals surface area contributed by atoms with Gasteiger partial charge in [0.2, 0.25) is 11.5 Å². The number of alkyl halides is 5. The maximum atomic E-state index is 14.3. The molecule has 1 aromatic rings. The number of carbonyl (C=O) groups is 1. The smallest absolute Gasteiger partial charge is 0.371 e. The number of rotatable bonds is 4. The van der Waals surface area contributed by atoms with Crippen molar-refractivity contribution in [1.82, 2.24) is 4.98 Å². The molecule has 0 aliphatic heterocycles. The lowest BCUT2D eigenvalue weighted by molar-refractivity contribution is -0.199. The topological polar surface area (TPSA) is 71.2 Å². The van der Waals surface area contributed by atoms with Crippen molar-refractivity contribution in [2.75, 3.05) is 5.32 Å². The van der Waals surface area contributed by atoms with E-state index in [0.717, 1.165) is 6.07 Å². The number of aromatic amines is 1. The van der Waals surface area contributed by atoms with E-state index in [-0.39, 0.29) is 30.3 Å². The third-order valence-electron chi connectivity index (χ3n) is 5.63. The van der Waals surface area contributed by atoms with Gasteiger partial charge in [-0.3, -0.25) is 9.59 Å². The van der Waals surface area contributed by atoms with Gasteiger partial charge in [0.15, 0.2) is 0 Å². The summed E-state index contributed by atoms with van der Waals surface area (Å²) < 4.78 is 59.9. The molecule has 1 heterocycles. The van der Waals surface area contributed by atoms with Crippen LogP contribution in [0.3, 0.4) is 0 Å². The standard InChI is InChI=1S/C19H23ClF4N2O3/c20-11-2-4-16(14(21)8-11)29-15-3-1-10(19(22,23)24)7-13(15)18(28)26-12-5-6-25-17(27)9-12/h5-6,9-11,13-16H,1-4,7-8H2,(H2,25,26,27,28). The first-order chi connectivity index (χ1) is 13.6. The Hall–Kier alpha value is -1.61. The zero-order chi connectivity index (χ0) is 21.2. The van der Waals surface area contributed by atoms with Gasteiger partial charge in [-0.15, -0.1) is 11.6 Å². The maximum absolute atomic E-state index is 14.3. The minimum Gasteiger partial charge on any atom is -0.371 e. The first kappa shape index (κ1) is 22.1. The van der Waals surface area contributed by atoms with Crippen LogP contribution in [0.1, 0.15) is 38.5 Å². The molecule has 2 saturated carbocycles. The number of hydrogen-bond donors (Lipinski definition) is 2. The number of pyridine rings is 1. The second-order valence-electron chi connectivity index (χ2n) is 7.73. The fourth-order valence-electron chi connectivity index (χ4n) is 4.05. The molecule has 1 aromatic heterocycles. The van der Waals surface area contributed by atoms with Crippen LogP contribution >= 0.6 is 11.6 Å². The Morgan fingerprint density at radius 2 is 1.90 bits per heavy atom. The Morgan fingerprint density at radius 1 is 1.17 bits per heavy atom. The van der Waals surface area contributed by atoms with E-state index >= 15 is 0 Å². The summed E-state index contributed by atoms with van der Waals surface area (Å²) in [5, 5.41) is 2.20. The summed E-state index contributed by atoms with van der Waals surface area (Å²) in [6.07, 6.45) is -5.61. The van der Waals surface area contributed by atoms with E-state index in [0.29, 0.717) is 12.8 Å². The minimum absolute atomic E-state index is 0.00512. The molecule has 2 fully saturated rings. The molecular formula is C19H23ClF4N2O3. The molecular weight excluding hydrogens is 416 g/mol. The van der Waals surface area contributed by atoms with Gasteiger partial charge in [0.1, 0.15) is 6.17 Å². The molecule has 2 aliphatic rings. The SMILES string of the molecule is O=C(Nc1cc[nH]c(=O)c1)C1CC(C(F)(F)F)CCC1OC1CCC(Cl)CC1F. The van der Waals surface area contributed by atoms with Gasteiger partial charge in [0.05, 0.1) is 24.0 Å². The predicted octanol–water partition coefficient (Wildman–Crippen LogP) is 4.18. The summed E-state index contributed by atoms with van der Waals surface area (Å²) in [5.41, 5.74) is -0.275. The number of hydrogen-bond acceptors (Lipinski definition) is 3. The van der Waals surface area contributed by atoms with Crippen LogP contribution in [0.25, 0.3) is 0 Å². The Balaban J connectivity index is 1.74. The van der Waals surface area contributed by atoms with Gasteiger partial charge in [0, 0.05) is 23.3 Å². The molecule has 29 heavy (non-hydrogen) atoms. The van der Waals surface area contributed by atoms with Crippen molar-refractivity contribution in [3.8, 4) is 0 Å². The molecule has 5 nitrogen and oxygen atoms in total. The molecule has 2 N–H and O–H groups in total. The van der Waals surface area contributed by atoms with Crippen LogP contribution in [0, 0.1) is 11.8 Å². The van der Waals surface area contributed by atoms with E-state index in [4.69, 9.17) is 16.3 Å². The van der Waals surface area contributed by atoms with Crippen molar-refractivity contribution < 1.29 is 27.1 Å². The molecule has 0 saturated heterocycles. The second-order valence-corrected chi connectivity index (χ2v) is 8.35. The summed E-state index contributed by atoms with van der Waals surface area (Å²) in [5.74, 6) is -3.40. The molecule has 0 aromatic carbocycles. The second kappa shape index (κ2) is 9.04. The van der Waals surface area contributed by atoms with Crippen LogP contribution in [0.5, 0.6) is 0 Å². The van der Waals surface area contributed by atoms with E-state index in [9.17, 15) is 27.2 Å². The van der Waals surface area contributed by atoms with Crippen molar-refractivity contribution in [3.63, 3.8) is 0 Å². The number of anilines is 1. The van der Waals surface area contributed by atoms with Crippen LogP contribution in [0.2, 0.25) is 0 Å². The Labute approximate surface area is 170 Å².